The summed E-state index contributed by atoms with van der Waals surface area (Å²) in [7, 11) is 0. The van der Waals surface area contributed by atoms with Crippen molar-refractivity contribution >= 4 is 0 Å². The second-order valence-electron chi connectivity index (χ2n) is 6.60. The van der Waals surface area contributed by atoms with Gasteiger partial charge in [-0.3, -0.25) is 4.68 Å². The van der Waals surface area contributed by atoms with E-state index in [2.05, 4.69) is 63.8 Å². The second-order valence-corrected chi connectivity index (χ2v) is 6.60. The molecule has 0 amide bonds. The number of nitrogens with one attached hydrogen (secondary N) is 1. The summed E-state index contributed by atoms with van der Waals surface area (Å²) >= 11 is 0. The first-order valence-electron chi connectivity index (χ1n) is 8.22. The highest BCUT2D eigenvalue weighted by Gasteiger charge is 2.28. The smallest absolute Gasteiger partial charge is 0.0640 e. The molecule has 3 heteroatoms. The Bertz CT molecular complexity index is 381. The topological polar surface area (TPSA) is 29.9 Å². The van der Waals surface area contributed by atoms with E-state index in [-0.39, 0.29) is 0 Å². The molecule has 0 saturated carbocycles. The minimum atomic E-state index is 0.301. The molecule has 2 atom stereocenters. The van der Waals surface area contributed by atoms with Gasteiger partial charge in [-0.2, -0.15) is 5.10 Å². The maximum atomic E-state index is 4.75. The van der Waals surface area contributed by atoms with E-state index in [4.69, 9.17) is 5.10 Å². The van der Waals surface area contributed by atoms with Crippen LogP contribution >= 0.6 is 0 Å². The van der Waals surface area contributed by atoms with Crippen molar-refractivity contribution in [3.63, 3.8) is 0 Å². The molecular formula is C17H33N3. The summed E-state index contributed by atoms with van der Waals surface area (Å²) in [6, 6.07) is 3.16. The van der Waals surface area contributed by atoms with Crippen LogP contribution in [-0.4, -0.2) is 22.4 Å². The van der Waals surface area contributed by atoms with Crippen molar-refractivity contribution in [1.29, 1.82) is 0 Å². The molecule has 0 aliphatic heterocycles. The van der Waals surface area contributed by atoms with Gasteiger partial charge >= 0.3 is 0 Å². The lowest BCUT2D eigenvalue weighted by Gasteiger charge is -2.34. The van der Waals surface area contributed by atoms with Crippen molar-refractivity contribution in [2.24, 2.45) is 5.41 Å². The zero-order chi connectivity index (χ0) is 15.2. The van der Waals surface area contributed by atoms with E-state index in [1.807, 2.05) is 0 Å². The molecule has 0 aliphatic carbocycles. The summed E-state index contributed by atoms with van der Waals surface area (Å²) < 4.78 is 2.10. The van der Waals surface area contributed by atoms with Gasteiger partial charge in [0.2, 0.25) is 0 Å². The van der Waals surface area contributed by atoms with Gasteiger partial charge in [-0.25, -0.2) is 0 Å². The highest BCUT2D eigenvalue weighted by molar-refractivity contribution is 5.04. The Morgan fingerprint density at radius 1 is 1.30 bits per heavy atom. The molecule has 1 heterocycles. The van der Waals surface area contributed by atoms with E-state index in [9.17, 15) is 0 Å². The van der Waals surface area contributed by atoms with Crippen LogP contribution in [0, 0.1) is 5.41 Å². The molecule has 0 aliphatic rings. The van der Waals surface area contributed by atoms with Crippen molar-refractivity contribution in [3.05, 3.63) is 18.0 Å². The molecule has 1 N–H and O–H groups in total. The van der Waals surface area contributed by atoms with E-state index in [1.165, 1.54) is 18.5 Å². The summed E-state index contributed by atoms with van der Waals surface area (Å²) in [5.41, 5.74) is 1.51. The first-order valence-corrected chi connectivity index (χ1v) is 8.22. The van der Waals surface area contributed by atoms with Crippen LogP contribution in [0.25, 0.3) is 0 Å². The van der Waals surface area contributed by atoms with Crippen LogP contribution in [0.15, 0.2) is 12.3 Å². The predicted octanol–water partition coefficient (Wildman–Crippen LogP) is 4.20. The normalized spacial score (nSPS) is 15.3. The fraction of sp³-hybridized carbons (Fsp3) is 0.824. The van der Waals surface area contributed by atoms with Crippen LogP contribution in [0.2, 0.25) is 0 Å². The maximum absolute atomic E-state index is 4.75. The Hall–Kier alpha value is -0.830. The summed E-state index contributed by atoms with van der Waals surface area (Å²) in [5, 5.41) is 8.47. The van der Waals surface area contributed by atoms with Crippen molar-refractivity contribution in [3.8, 4) is 0 Å². The van der Waals surface area contributed by atoms with Crippen LogP contribution in [0.4, 0.5) is 0 Å². The molecule has 20 heavy (non-hydrogen) atoms. The summed E-state index contributed by atoms with van der Waals surface area (Å²) in [5.74, 6) is 0. The van der Waals surface area contributed by atoms with Gasteiger partial charge in [0, 0.05) is 24.7 Å². The standard InChI is InChI=1S/C17H33N3/c1-7-11-18-16(17(5,6)9-3)13-15-10-12-20(19-15)14(4)8-2/h10,12,14,16,18H,7-9,11,13H2,1-6H3. The average Bonchev–Trinajstić information content (AvgIpc) is 2.90. The van der Waals surface area contributed by atoms with Crippen molar-refractivity contribution < 1.29 is 0 Å². The molecule has 116 valence electrons. The molecule has 3 nitrogen and oxygen atoms in total. The van der Waals surface area contributed by atoms with E-state index in [1.54, 1.807) is 0 Å². The van der Waals surface area contributed by atoms with Gasteiger partial charge in [-0.05, 0) is 44.2 Å². The molecule has 0 spiro atoms. The monoisotopic (exact) mass is 279 g/mol. The van der Waals surface area contributed by atoms with Gasteiger partial charge in [0.25, 0.3) is 0 Å². The zero-order valence-corrected chi connectivity index (χ0v) is 14.2. The lowest BCUT2D eigenvalue weighted by molar-refractivity contribution is 0.228. The Morgan fingerprint density at radius 3 is 2.55 bits per heavy atom. The number of hydrogen-bond donors (Lipinski definition) is 1. The van der Waals surface area contributed by atoms with Crippen molar-refractivity contribution in [1.82, 2.24) is 15.1 Å². The van der Waals surface area contributed by atoms with E-state index >= 15 is 0 Å². The zero-order valence-electron chi connectivity index (χ0n) is 14.2. The molecule has 0 radical (unpaired) electrons. The van der Waals surface area contributed by atoms with E-state index in [0.717, 1.165) is 19.4 Å². The van der Waals surface area contributed by atoms with E-state index in [0.29, 0.717) is 17.5 Å². The molecule has 0 bridgehead atoms. The average molecular weight is 279 g/mol. The number of rotatable bonds is 9. The Balaban J connectivity index is 2.76. The first kappa shape index (κ1) is 17.2. The third kappa shape index (κ3) is 4.62. The minimum Gasteiger partial charge on any atom is -0.313 e. The fourth-order valence-electron chi connectivity index (χ4n) is 2.32. The summed E-state index contributed by atoms with van der Waals surface area (Å²) in [4.78, 5) is 0. The highest BCUT2D eigenvalue weighted by Crippen LogP contribution is 2.27. The third-order valence-corrected chi connectivity index (χ3v) is 4.61. The quantitative estimate of drug-likeness (QED) is 0.734. The van der Waals surface area contributed by atoms with Crippen LogP contribution in [0.3, 0.4) is 0 Å². The predicted molar refractivity (Wildman–Crippen MR) is 87.1 cm³/mol. The highest BCUT2D eigenvalue weighted by atomic mass is 15.3. The summed E-state index contributed by atoms with van der Waals surface area (Å²) in [6.07, 6.45) is 6.63. The third-order valence-electron chi connectivity index (χ3n) is 4.61. The van der Waals surface area contributed by atoms with Crippen LogP contribution < -0.4 is 5.32 Å². The van der Waals surface area contributed by atoms with E-state index < -0.39 is 0 Å². The molecule has 0 aromatic carbocycles. The second kappa shape index (κ2) is 7.82. The van der Waals surface area contributed by atoms with Crippen LogP contribution in [0.1, 0.15) is 72.5 Å². The molecule has 0 fully saturated rings. The first-order chi connectivity index (χ1) is 9.44. The lowest BCUT2D eigenvalue weighted by atomic mass is 9.79. The number of hydrogen-bond acceptors (Lipinski definition) is 2. The van der Waals surface area contributed by atoms with Gasteiger partial charge in [-0.15, -0.1) is 0 Å². The van der Waals surface area contributed by atoms with Crippen LogP contribution in [-0.2, 0) is 6.42 Å². The molecule has 0 saturated heterocycles. The minimum absolute atomic E-state index is 0.301. The summed E-state index contributed by atoms with van der Waals surface area (Å²) in [6.45, 7) is 14.7. The SMILES string of the molecule is CCCNC(Cc1ccn(C(C)CC)n1)C(C)(C)CC. The van der Waals surface area contributed by atoms with Gasteiger partial charge < -0.3 is 5.32 Å². The Morgan fingerprint density at radius 2 is 2.00 bits per heavy atom. The van der Waals surface area contributed by atoms with Crippen LogP contribution in [0.5, 0.6) is 0 Å². The largest absolute Gasteiger partial charge is 0.313 e. The van der Waals surface area contributed by atoms with Gasteiger partial charge in [0.05, 0.1) is 5.69 Å². The molecule has 2 unspecified atom stereocenters. The molecule has 1 rings (SSSR count). The van der Waals surface area contributed by atoms with Crippen molar-refractivity contribution in [2.45, 2.75) is 79.3 Å². The molecule has 1 aromatic heterocycles. The van der Waals surface area contributed by atoms with Gasteiger partial charge in [-0.1, -0.05) is 34.6 Å². The molecular weight excluding hydrogens is 246 g/mol. The van der Waals surface area contributed by atoms with Crippen molar-refractivity contribution in [2.75, 3.05) is 6.54 Å². The fourth-order valence-corrected chi connectivity index (χ4v) is 2.32. The lowest BCUT2D eigenvalue weighted by Crippen LogP contribution is -2.43. The maximum Gasteiger partial charge on any atom is 0.0640 e. The molecule has 1 aromatic rings. The number of nitrogens with zero attached hydrogens (tertiary/aromatic N) is 2. The van der Waals surface area contributed by atoms with Gasteiger partial charge in [0.1, 0.15) is 0 Å². The number of aromatic nitrogens is 2. The van der Waals surface area contributed by atoms with Gasteiger partial charge in [0.15, 0.2) is 0 Å². The Kier molecular flexibility index (Phi) is 6.74. The Labute approximate surface area is 125 Å².